The Labute approximate surface area is 251 Å². The van der Waals surface area contributed by atoms with Gasteiger partial charge in [0.15, 0.2) is 0 Å². The van der Waals surface area contributed by atoms with E-state index in [1.165, 1.54) is 29.2 Å². The Balaban J connectivity index is 2.11. The van der Waals surface area contributed by atoms with E-state index in [9.17, 15) is 18.0 Å². The van der Waals surface area contributed by atoms with Crippen LogP contribution in [0, 0.1) is 6.92 Å². The van der Waals surface area contributed by atoms with Crippen molar-refractivity contribution >= 4 is 62.3 Å². The summed E-state index contributed by atoms with van der Waals surface area (Å²) in [5.41, 5.74) is 1.54. The number of hydrogen-bond acceptors (Lipinski definition) is 4. The van der Waals surface area contributed by atoms with E-state index in [2.05, 4.69) is 5.32 Å². The second kappa shape index (κ2) is 14.2. The largest absolute Gasteiger partial charge is 0.354 e. The van der Waals surface area contributed by atoms with Crippen LogP contribution in [0.15, 0.2) is 71.6 Å². The van der Waals surface area contributed by atoms with Gasteiger partial charge in [-0.15, -0.1) is 0 Å². The van der Waals surface area contributed by atoms with Gasteiger partial charge in [-0.2, -0.15) is 0 Å². The second-order valence-corrected chi connectivity index (χ2v) is 12.3. The van der Waals surface area contributed by atoms with Crippen molar-refractivity contribution in [2.24, 2.45) is 0 Å². The minimum Gasteiger partial charge on any atom is -0.354 e. The Bertz CT molecular complexity index is 1450. The number of rotatable bonds is 12. The fraction of sp³-hybridized carbons (Fsp3) is 0.310. The number of benzene rings is 3. The highest BCUT2D eigenvalue weighted by Crippen LogP contribution is 2.35. The molecule has 0 saturated heterocycles. The number of halogens is 3. The van der Waals surface area contributed by atoms with Gasteiger partial charge in [0.05, 0.1) is 20.6 Å². The monoisotopic (exact) mass is 623 g/mol. The summed E-state index contributed by atoms with van der Waals surface area (Å²) in [7, 11) is -4.27. The highest BCUT2D eigenvalue weighted by atomic mass is 35.5. The molecule has 1 atom stereocenters. The van der Waals surface area contributed by atoms with E-state index in [-0.39, 0.29) is 33.1 Å². The third-order valence-electron chi connectivity index (χ3n) is 6.32. The Morgan fingerprint density at radius 3 is 2.17 bits per heavy atom. The zero-order valence-corrected chi connectivity index (χ0v) is 25.6. The lowest BCUT2D eigenvalue weighted by Crippen LogP contribution is -2.52. The molecule has 0 unspecified atom stereocenters. The van der Waals surface area contributed by atoms with Gasteiger partial charge in [-0.1, -0.05) is 90.6 Å². The molecule has 0 aliphatic heterocycles. The molecule has 3 aromatic carbocycles. The van der Waals surface area contributed by atoms with E-state index in [0.717, 1.165) is 16.3 Å². The van der Waals surface area contributed by atoms with Crippen molar-refractivity contribution in [3.63, 3.8) is 0 Å². The predicted molar refractivity (Wildman–Crippen MR) is 162 cm³/mol. The van der Waals surface area contributed by atoms with Gasteiger partial charge in [0, 0.05) is 18.1 Å². The van der Waals surface area contributed by atoms with Crippen LogP contribution in [0.3, 0.4) is 0 Å². The van der Waals surface area contributed by atoms with Gasteiger partial charge in [-0.05, 0) is 55.7 Å². The summed E-state index contributed by atoms with van der Waals surface area (Å²) < 4.78 is 28.8. The fourth-order valence-corrected chi connectivity index (χ4v) is 6.20. The van der Waals surface area contributed by atoms with E-state index in [1.807, 2.05) is 13.8 Å². The van der Waals surface area contributed by atoms with Crippen LogP contribution in [-0.4, -0.2) is 44.3 Å². The van der Waals surface area contributed by atoms with Crippen molar-refractivity contribution in [2.45, 2.75) is 51.1 Å². The molecule has 11 heteroatoms. The summed E-state index contributed by atoms with van der Waals surface area (Å²) in [6.45, 7) is 5.37. The van der Waals surface area contributed by atoms with Crippen molar-refractivity contribution < 1.29 is 18.0 Å². The minimum absolute atomic E-state index is 0.00173. The highest BCUT2D eigenvalue weighted by molar-refractivity contribution is 7.92. The van der Waals surface area contributed by atoms with Crippen molar-refractivity contribution in [3.05, 3.63) is 92.9 Å². The lowest BCUT2D eigenvalue weighted by atomic mass is 10.1. The van der Waals surface area contributed by atoms with Crippen LogP contribution in [0.2, 0.25) is 15.1 Å². The lowest BCUT2D eigenvalue weighted by molar-refractivity contribution is -0.140. The van der Waals surface area contributed by atoms with Crippen LogP contribution in [0.25, 0.3) is 0 Å². The summed E-state index contributed by atoms with van der Waals surface area (Å²) in [5, 5.41) is 3.39. The Hall–Kier alpha value is -2.78. The number of anilines is 1. The van der Waals surface area contributed by atoms with E-state index < -0.39 is 28.5 Å². The Morgan fingerprint density at radius 2 is 1.55 bits per heavy atom. The third-order valence-corrected chi connectivity index (χ3v) is 9.27. The van der Waals surface area contributed by atoms with E-state index >= 15 is 0 Å². The van der Waals surface area contributed by atoms with Gasteiger partial charge in [-0.3, -0.25) is 13.9 Å². The molecule has 214 valence electrons. The molecule has 0 aliphatic carbocycles. The van der Waals surface area contributed by atoms with Crippen LogP contribution in [-0.2, 0) is 26.2 Å². The van der Waals surface area contributed by atoms with Crippen LogP contribution < -0.4 is 9.62 Å². The number of hydrogen-bond donors (Lipinski definition) is 1. The van der Waals surface area contributed by atoms with Gasteiger partial charge in [0.1, 0.15) is 12.6 Å². The van der Waals surface area contributed by atoms with Crippen molar-refractivity contribution in [3.8, 4) is 0 Å². The van der Waals surface area contributed by atoms with Crippen LogP contribution >= 0.6 is 34.8 Å². The number of carbonyl (C=O) groups excluding carboxylic acids is 2. The maximum Gasteiger partial charge on any atom is 0.264 e. The van der Waals surface area contributed by atoms with Crippen molar-refractivity contribution in [2.75, 3.05) is 17.4 Å². The first-order chi connectivity index (χ1) is 19.0. The maximum absolute atomic E-state index is 14.1. The van der Waals surface area contributed by atoms with Crippen molar-refractivity contribution in [1.82, 2.24) is 10.2 Å². The Morgan fingerprint density at radius 1 is 0.900 bits per heavy atom. The first-order valence-corrected chi connectivity index (χ1v) is 15.4. The molecule has 0 fully saturated rings. The fourth-order valence-electron chi connectivity index (χ4n) is 4.13. The molecule has 1 N–H and O–H groups in total. The van der Waals surface area contributed by atoms with Crippen molar-refractivity contribution in [1.29, 1.82) is 0 Å². The molecule has 7 nitrogen and oxygen atoms in total. The lowest BCUT2D eigenvalue weighted by Gasteiger charge is -2.33. The van der Waals surface area contributed by atoms with Gasteiger partial charge < -0.3 is 10.2 Å². The number of sulfonamides is 1. The van der Waals surface area contributed by atoms with Crippen LogP contribution in [0.5, 0.6) is 0 Å². The summed E-state index contributed by atoms with van der Waals surface area (Å²) in [6, 6.07) is 17.0. The zero-order valence-electron chi connectivity index (χ0n) is 22.5. The molecule has 0 bridgehead atoms. The zero-order chi connectivity index (χ0) is 29.4. The summed E-state index contributed by atoms with van der Waals surface area (Å²) >= 11 is 19.1. The summed E-state index contributed by atoms with van der Waals surface area (Å²) in [6.07, 6.45) is 1.02. The standard InChI is InChI=1S/C29H32Cl3N3O4S/c1-4-17-33-29(37)25(5-2)34(18-21-9-6-7-10-23(21)30)27(36)19-35(26-12-8-11-24(31)28(26)32)40(38,39)22-15-13-20(3)14-16-22/h6-16,25H,4-5,17-19H2,1-3H3,(H,33,37)/t25-/m1/s1. The number of carbonyl (C=O) groups is 2. The number of nitrogens with zero attached hydrogens (tertiary/aromatic N) is 2. The topological polar surface area (TPSA) is 86.8 Å². The van der Waals surface area contributed by atoms with Gasteiger partial charge >= 0.3 is 0 Å². The van der Waals surface area contributed by atoms with Gasteiger partial charge in [-0.25, -0.2) is 8.42 Å². The molecule has 0 heterocycles. The van der Waals surface area contributed by atoms with Gasteiger partial charge in [0.2, 0.25) is 11.8 Å². The normalized spacial score (nSPS) is 12.1. The third kappa shape index (κ3) is 7.49. The first-order valence-electron chi connectivity index (χ1n) is 12.8. The maximum atomic E-state index is 14.1. The molecule has 40 heavy (non-hydrogen) atoms. The molecular formula is C29H32Cl3N3O4S. The average Bonchev–Trinajstić information content (AvgIpc) is 2.93. The highest BCUT2D eigenvalue weighted by Gasteiger charge is 2.34. The molecule has 0 aromatic heterocycles. The molecule has 0 aliphatic rings. The Kier molecular flexibility index (Phi) is 11.3. The minimum atomic E-state index is -4.27. The number of amides is 2. The quantitative estimate of drug-likeness (QED) is 0.250. The molecule has 3 aromatic rings. The molecule has 0 spiro atoms. The molecule has 0 saturated carbocycles. The van der Waals surface area contributed by atoms with E-state index in [1.54, 1.807) is 49.4 Å². The van der Waals surface area contributed by atoms with E-state index in [4.69, 9.17) is 34.8 Å². The smallest absolute Gasteiger partial charge is 0.264 e. The van der Waals surface area contributed by atoms with Crippen LogP contribution in [0.1, 0.15) is 37.8 Å². The molecular weight excluding hydrogens is 593 g/mol. The molecule has 2 amide bonds. The first kappa shape index (κ1) is 31.7. The molecule has 3 rings (SSSR count). The van der Waals surface area contributed by atoms with Crippen LogP contribution in [0.4, 0.5) is 5.69 Å². The predicted octanol–water partition coefficient (Wildman–Crippen LogP) is 6.48. The summed E-state index contributed by atoms with van der Waals surface area (Å²) in [4.78, 5) is 28.6. The second-order valence-electron chi connectivity index (χ2n) is 9.23. The summed E-state index contributed by atoms with van der Waals surface area (Å²) in [5.74, 6) is -0.941. The van der Waals surface area contributed by atoms with Gasteiger partial charge in [0.25, 0.3) is 10.0 Å². The SMILES string of the molecule is CCCNC(=O)[C@@H](CC)N(Cc1ccccc1Cl)C(=O)CN(c1cccc(Cl)c1Cl)S(=O)(=O)c1ccc(C)cc1. The number of aryl methyl sites for hydroxylation is 1. The average molecular weight is 625 g/mol. The molecule has 0 radical (unpaired) electrons. The number of nitrogens with one attached hydrogen (secondary N) is 1. The van der Waals surface area contributed by atoms with E-state index in [0.29, 0.717) is 23.6 Å².